The first-order valence-electron chi connectivity index (χ1n) is 4.37. The van der Waals surface area contributed by atoms with Crippen LogP contribution >= 0.6 is 0 Å². The molecule has 0 unspecified atom stereocenters. The minimum atomic E-state index is 0.911. The third kappa shape index (κ3) is 0.720. The van der Waals surface area contributed by atoms with Crippen LogP contribution in [0.15, 0.2) is 0 Å². The van der Waals surface area contributed by atoms with Crippen LogP contribution in [0.1, 0.15) is 45.4 Å². The highest BCUT2D eigenvalue weighted by atomic mass is 14.6. The third-order valence-electron chi connectivity index (χ3n) is 3.48. The number of rotatable bonds is 1. The maximum atomic E-state index is 2.36. The van der Waals surface area contributed by atoms with Crippen molar-refractivity contribution in [3.8, 4) is 0 Å². The largest absolute Gasteiger partial charge is 0.0651 e. The summed E-state index contributed by atoms with van der Waals surface area (Å²) in [6, 6.07) is 0. The Labute approximate surface area is 57.6 Å². The summed E-state index contributed by atoms with van der Waals surface area (Å²) in [6.07, 6.45) is 9.19. The molecule has 0 radical (unpaired) electrons. The Morgan fingerprint density at radius 2 is 2.11 bits per heavy atom. The summed E-state index contributed by atoms with van der Waals surface area (Å²) in [6.45, 7) is 2.36. The van der Waals surface area contributed by atoms with Crippen LogP contribution in [0, 0.1) is 11.3 Å². The van der Waals surface area contributed by atoms with Gasteiger partial charge < -0.3 is 0 Å². The molecule has 52 valence electrons. The highest BCUT2D eigenvalue weighted by Gasteiger charge is 2.50. The first kappa shape index (κ1) is 5.76. The van der Waals surface area contributed by atoms with Crippen molar-refractivity contribution in [2.24, 2.45) is 11.3 Å². The zero-order chi connectivity index (χ0) is 6.32. The molecule has 0 N–H and O–H groups in total. The van der Waals surface area contributed by atoms with Crippen LogP contribution in [0.4, 0.5) is 0 Å². The van der Waals surface area contributed by atoms with E-state index in [1.807, 2.05) is 0 Å². The zero-order valence-electron chi connectivity index (χ0n) is 6.32. The van der Waals surface area contributed by atoms with Gasteiger partial charge in [-0.2, -0.15) is 0 Å². The summed E-state index contributed by atoms with van der Waals surface area (Å²) < 4.78 is 0. The molecule has 0 heterocycles. The Hall–Kier alpha value is 0. The van der Waals surface area contributed by atoms with Crippen LogP contribution in [-0.2, 0) is 0 Å². The van der Waals surface area contributed by atoms with Gasteiger partial charge in [0.25, 0.3) is 0 Å². The van der Waals surface area contributed by atoms with E-state index in [9.17, 15) is 0 Å². The highest BCUT2D eigenvalue weighted by molar-refractivity contribution is 5.01. The van der Waals surface area contributed by atoms with E-state index >= 15 is 0 Å². The number of hydrogen-bond acceptors (Lipinski definition) is 0. The van der Waals surface area contributed by atoms with Gasteiger partial charge in [0.15, 0.2) is 0 Å². The SMILES string of the molecule is CC[C@@H]1CCCC12CC2. The van der Waals surface area contributed by atoms with Gasteiger partial charge in [0.05, 0.1) is 0 Å². The van der Waals surface area contributed by atoms with E-state index in [2.05, 4.69) is 6.92 Å². The molecular formula is C9H16. The summed E-state index contributed by atoms with van der Waals surface area (Å²) in [7, 11) is 0. The average molecular weight is 124 g/mol. The summed E-state index contributed by atoms with van der Waals surface area (Å²) in [5.74, 6) is 1.12. The Morgan fingerprint density at radius 3 is 2.56 bits per heavy atom. The summed E-state index contributed by atoms with van der Waals surface area (Å²) in [5.41, 5.74) is 0.911. The summed E-state index contributed by atoms with van der Waals surface area (Å²) in [4.78, 5) is 0. The molecule has 1 spiro atoms. The van der Waals surface area contributed by atoms with Crippen LogP contribution in [0.25, 0.3) is 0 Å². The second kappa shape index (κ2) is 1.74. The van der Waals surface area contributed by atoms with E-state index in [1.54, 1.807) is 19.3 Å². The lowest BCUT2D eigenvalue weighted by Crippen LogP contribution is -2.05. The van der Waals surface area contributed by atoms with Gasteiger partial charge >= 0.3 is 0 Å². The molecule has 0 saturated heterocycles. The normalized spacial score (nSPS) is 37.7. The van der Waals surface area contributed by atoms with Crippen LogP contribution in [-0.4, -0.2) is 0 Å². The van der Waals surface area contributed by atoms with Crippen LogP contribution in [0.2, 0.25) is 0 Å². The highest BCUT2D eigenvalue weighted by Crippen LogP contribution is 2.62. The molecule has 0 aromatic heterocycles. The number of hydrogen-bond donors (Lipinski definition) is 0. The van der Waals surface area contributed by atoms with Gasteiger partial charge in [0, 0.05) is 0 Å². The van der Waals surface area contributed by atoms with Gasteiger partial charge in [-0.3, -0.25) is 0 Å². The summed E-state index contributed by atoms with van der Waals surface area (Å²) in [5, 5.41) is 0. The van der Waals surface area contributed by atoms with E-state index < -0.39 is 0 Å². The molecule has 0 heteroatoms. The van der Waals surface area contributed by atoms with E-state index in [1.165, 1.54) is 19.3 Å². The fraction of sp³-hybridized carbons (Fsp3) is 1.00. The molecule has 1 atom stereocenters. The van der Waals surface area contributed by atoms with Crippen molar-refractivity contribution in [3.05, 3.63) is 0 Å². The minimum Gasteiger partial charge on any atom is -0.0651 e. The lowest BCUT2D eigenvalue weighted by Gasteiger charge is -2.14. The zero-order valence-corrected chi connectivity index (χ0v) is 6.32. The molecule has 2 aliphatic rings. The average Bonchev–Trinajstić information content (AvgIpc) is 2.45. The van der Waals surface area contributed by atoms with Gasteiger partial charge in [-0.15, -0.1) is 0 Å². The van der Waals surface area contributed by atoms with E-state index in [4.69, 9.17) is 0 Å². The monoisotopic (exact) mass is 124 g/mol. The molecule has 2 aliphatic carbocycles. The van der Waals surface area contributed by atoms with Gasteiger partial charge in [-0.05, 0) is 37.0 Å². The van der Waals surface area contributed by atoms with E-state index in [-0.39, 0.29) is 0 Å². The van der Waals surface area contributed by atoms with Crippen molar-refractivity contribution in [2.75, 3.05) is 0 Å². The van der Waals surface area contributed by atoms with Crippen molar-refractivity contribution in [1.29, 1.82) is 0 Å². The maximum absolute atomic E-state index is 2.36. The smallest absolute Gasteiger partial charge is 0.0269 e. The molecule has 0 aromatic rings. The van der Waals surface area contributed by atoms with Crippen molar-refractivity contribution < 1.29 is 0 Å². The molecular weight excluding hydrogens is 108 g/mol. The van der Waals surface area contributed by atoms with Crippen LogP contribution in [0.3, 0.4) is 0 Å². The maximum Gasteiger partial charge on any atom is -0.0269 e. The van der Waals surface area contributed by atoms with Crippen molar-refractivity contribution in [3.63, 3.8) is 0 Å². The standard InChI is InChI=1S/C9H16/c1-2-8-4-3-5-9(8)6-7-9/h8H,2-7H2,1H3/t8-/m1/s1. The van der Waals surface area contributed by atoms with E-state index in [0.29, 0.717) is 0 Å². The molecule has 0 bridgehead atoms. The second-order valence-electron chi connectivity index (χ2n) is 3.86. The molecule has 2 fully saturated rings. The lowest BCUT2D eigenvalue weighted by atomic mass is 9.91. The Balaban J connectivity index is 2.05. The second-order valence-corrected chi connectivity index (χ2v) is 3.86. The molecule has 0 nitrogen and oxygen atoms in total. The van der Waals surface area contributed by atoms with Crippen molar-refractivity contribution in [2.45, 2.75) is 45.4 Å². The molecule has 0 aromatic carbocycles. The van der Waals surface area contributed by atoms with Crippen LogP contribution < -0.4 is 0 Å². The Bertz CT molecular complexity index is 111. The Morgan fingerprint density at radius 1 is 1.33 bits per heavy atom. The van der Waals surface area contributed by atoms with Crippen molar-refractivity contribution >= 4 is 0 Å². The molecule has 2 rings (SSSR count). The molecule has 9 heavy (non-hydrogen) atoms. The molecule has 2 saturated carbocycles. The van der Waals surface area contributed by atoms with Gasteiger partial charge in [0.2, 0.25) is 0 Å². The van der Waals surface area contributed by atoms with Crippen LogP contribution in [0.5, 0.6) is 0 Å². The first-order chi connectivity index (χ1) is 4.37. The quantitative estimate of drug-likeness (QED) is 0.504. The van der Waals surface area contributed by atoms with Crippen molar-refractivity contribution in [1.82, 2.24) is 0 Å². The Kier molecular flexibility index (Phi) is 1.12. The lowest BCUT2D eigenvalue weighted by molar-refractivity contribution is 0.354. The minimum absolute atomic E-state index is 0.911. The molecule has 0 amide bonds. The predicted octanol–water partition coefficient (Wildman–Crippen LogP) is 2.98. The van der Waals surface area contributed by atoms with Gasteiger partial charge in [0.1, 0.15) is 0 Å². The van der Waals surface area contributed by atoms with Gasteiger partial charge in [-0.25, -0.2) is 0 Å². The fourth-order valence-corrected chi connectivity index (χ4v) is 2.67. The predicted molar refractivity (Wildman–Crippen MR) is 39.3 cm³/mol. The van der Waals surface area contributed by atoms with Gasteiger partial charge in [-0.1, -0.05) is 19.8 Å². The first-order valence-corrected chi connectivity index (χ1v) is 4.37. The van der Waals surface area contributed by atoms with E-state index in [0.717, 1.165) is 11.3 Å². The topological polar surface area (TPSA) is 0 Å². The summed E-state index contributed by atoms with van der Waals surface area (Å²) >= 11 is 0. The third-order valence-corrected chi connectivity index (χ3v) is 3.48. The molecule has 0 aliphatic heterocycles. The fourth-order valence-electron chi connectivity index (χ4n) is 2.67.